The second-order valence-corrected chi connectivity index (χ2v) is 12.1. The molecule has 1 N–H and O–H groups in total. The highest BCUT2D eigenvalue weighted by Gasteiger charge is 2.15. The van der Waals surface area contributed by atoms with Crippen molar-refractivity contribution in [3.05, 3.63) is 29.8 Å². The highest BCUT2D eigenvalue weighted by molar-refractivity contribution is 5.67. The Labute approximate surface area is 284 Å². The van der Waals surface area contributed by atoms with E-state index in [2.05, 4.69) is 36.5 Å². The zero-order chi connectivity index (χ0) is 34.1. The van der Waals surface area contributed by atoms with Gasteiger partial charge >= 0.3 is 6.09 Å². The molecule has 0 aliphatic rings. The first-order valence-corrected chi connectivity index (χ1v) is 17.6. The van der Waals surface area contributed by atoms with E-state index in [0.717, 1.165) is 12.2 Å². The van der Waals surface area contributed by atoms with Gasteiger partial charge in [-0.3, -0.25) is 0 Å². The van der Waals surface area contributed by atoms with E-state index in [1.807, 2.05) is 20.8 Å². The van der Waals surface area contributed by atoms with Crippen molar-refractivity contribution in [1.29, 1.82) is 0 Å². The summed E-state index contributed by atoms with van der Waals surface area (Å²) in [6, 6.07) is 8.44. The Morgan fingerprint density at radius 1 is 0.553 bits per heavy atom. The van der Waals surface area contributed by atoms with Gasteiger partial charge in [-0.05, 0) is 51.3 Å². The second kappa shape index (κ2) is 31.3. The molecule has 0 unspecified atom stereocenters. The largest absolute Gasteiger partial charge is 0.491 e. The molecule has 0 aliphatic carbocycles. The first-order valence-electron chi connectivity index (χ1n) is 17.6. The zero-order valence-electron chi connectivity index (χ0n) is 29.9. The molecular weight excluding hydrogens is 606 g/mol. The second-order valence-electron chi connectivity index (χ2n) is 12.1. The summed E-state index contributed by atoms with van der Waals surface area (Å²) >= 11 is 0. The van der Waals surface area contributed by atoms with Gasteiger partial charge in [-0.15, -0.1) is 0 Å². The van der Waals surface area contributed by atoms with Crippen molar-refractivity contribution >= 4 is 6.09 Å². The van der Waals surface area contributed by atoms with Crippen molar-refractivity contribution in [3.63, 3.8) is 0 Å². The van der Waals surface area contributed by atoms with E-state index in [1.54, 1.807) is 0 Å². The van der Waals surface area contributed by atoms with E-state index in [9.17, 15) is 4.79 Å². The van der Waals surface area contributed by atoms with Crippen LogP contribution >= 0.6 is 0 Å². The highest BCUT2D eigenvalue weighted by atomic mass is 16.6. The molecule has 1 rings (SSSR count). The van der Waals surface area contributed by atoms with Crippen molar-refractivity contribution in [2.75, 3.05) is 106 Å². The van der Waals surface area contributed by atoms with Gasteiger partial charge in [-0.1, -0.05) is 57.6 Å². The van der Waals surface area contributed by atoms with Gasteiger partial charge in [0.1, 0.15) is 18.0 Å². The molecule has 1 amide bonds. The van der Waals surface area contributed by atoms with Crippen LogP contribution in [-0.4, -0.2) is 117 Å². The summed E-state index contributed by atoms with van der Waals surface area (Å²) in [4.78, 5) is 11.5. The number of rotatable bonds is 33. The Bertz CT molecular complexity index is 819. The standard InChI is InChI=1S/C36H65NO10/c1-5-6-7-8-9-10-11-12-33-13-15-34(16-14-33)46-32-31-45-30-29-44-28-27-43-26-25-42-24-23-41-22-21-40-20-19-39-18-17-37-35(38)47-36(2,3)4/h13-16H,5-12,17-32H2,1-4H3,(H,37,38). The Morgan fingerprint density at radius 2 is 0.957 bits per heavy atom. The maximum absolute atomic E-state index is 11.5. The molecule has 0 aliphatic heterocycles. The molecule has 0 atom stereocenters. The SMILES string of the molecule is CCCCCCCCCc1ccc(OCCOCCOCCOCCOCCOCCOCCOCCNC(=O)OC(C)(C)C)cc1. The van der Waals surface area contributed by atoms with Crippen molar-refractivity contribution in [2.45, 2.75) is 84.7 Å². The van der Waals surface area contributed by atoms with Crippen LogP contribution in [0.4, 0.5) is 4.79 Å². The molecule has 47 heavy (non-hydrogen) atoms. The number of aryl methyl sites for hydroxylation is 1. The van der Waals surface area contributed by atoms with Crippen molar-refractivity contribution < 1.29 is 47.4 Å². The number of alkyl carbamates (subject to hydrolysis) is 1. The Balaban J connectivity index is 1.74. The lowest BCUT2D eigenvalue weighted by atomic mass is 10.0. The smallest absolute Gasteiger partial charge is 0.407 e. The van der Waals surface area contributed by atoms with Crippen molar-refractivity contribution in [2.24, 2.45) is 0 Å². The molecule has 0 saturated carbocycles. The number of ether oxygens (including phenoxy) is 9. The summed E-state index contributed by atoms with van der Waals surface area (Å²) in [7, 11) is 0. The number of carbonyl (C=O) groups is 1. The Hall–Kier alpha value is -1.99. The third-order valence-corrected chi connectivity index (χ3v) is 6.64. The minimum absolute atomic E-state index is 0.388. The number of hydrogen-bond acceptors (Lipinski definition) is 10. The third kappa shape index (κ3) is 31.1. The molecule has 0 fully saturated rings. The molecule has 0 saturated heterocycles. The summed E-state index contributed by atoms with van der Waals surface area (Å²) in [5, 5.41) is 2.64. The number of unbranched alkanes of at least 4 members (excludes halogenated alkanes) is 6. The van der Waals surface area contributed by atoms with E-state index >= 15 is 0 Å². The van der Waals surface area contributed by atoms with Gasteiger partial charge in [-0.25, -0.2) is 4.79 Å². The van der Waals surface area contributed by atoms with Gasteiger partial charge < -0.3 is 47.9 Å². The lowest BCUT2D eigenvalue weighted by Crippen LogP contribution is -2.34. The molecule has 11 nitrogen and oxygen atoms in total. The quantitative estimate of drug-likeness (QED) is 0.0894. The van der Waals surface area contributed by atoms with Crippen molar-refractivity contribution in [3.8, 4) is 5.75 Å². The van der Waals surface area contributed by atoms with Crippen LogP contribution in [0.3, 0.4) is 0 Å². The molecular formula is C36H65NO10. The molecule has 11 heteroatoms. The fraction of sp³-hybridized carbons (Fsp3) is 0.806. The monoisotopic (exact) mass is 671 g/mol. The van der Waals surface area contributed by atoms with E-state index in [-0.39, 0.29) is 0 Å². The Kier molecular flexibility index (Phi) is 28.6. The molecule has 0 radical (unpaired) electrons. The fourth-order valence-electron chi connectivity index (χ4n) is 4.22. The highest BCUT2D eigenvalue weighted by Crippen LogP contribution is 2.15. The van der Waals surface area contributed by atoms with E-state index in [1.165, 1.54) is 50.5 Å². The topological polar surface area (TPSA) is 112 Å². The maximum atomic E-state index is 11.5. The number of hydrogen-bond donors (Lipinski definition) is 1. The van der Waals surface area contributed by atoms with Crippen molar-refractivity contribution in [1.82, 2.24) is 5.32 Å². The number of nitrogens with one attached hydrogen (secondary N) is 1. The minimum atomic E-state index is -0.507. The van der Waals surface area contributed by atoms with Gasteiger partial charge in [0.15, 0.2) is 0 Å². The molecule has 0 spiro atoms. The molecule has 274 valence electrons. The molecule has 0 bridgehead atoms. The summed E-state index contributed by atoms with van der Waals surface area (Å²) in [5.41, 5.74) is 0.871. The van der Waals surface area contributed by atoms with Crippen LogP contribution in [0, 0.1) is 0 Å². The van der Waals surface area contributed by atoms with E-state index in [0.29, 0.717) is 106 Å². The van der Waals surface area contributed by atoms with Crippen LogP contribution in [-0.2, 0) is 44.3 Å². The normalized spacial score (nSPS) is 11.6. The van der Waals surface area contributed by atoms with Crippen LogP contribution in [0.25, 0.3) is 0 Å². The van der Waals surface area contributed by atoms with Gasteiger partial charge in [0.05, 0.1) is 92.5 Å². The Morgan fingerprint density at radius 3 is 1.40 bits per heavy atom. The predicted molar refractivity (Wildman–Crippen MR) is 184 cm³/mol. The molecule has 0 heterocycles. The van der Waals surface area contributed by atoms with Crippen LogP contribution < -0.4 is 10.1 Å². The summed E-state index contributed by atoms with van der Waals surface area (Å²) in [5.74, 6) is 0.884. The molecule has 0 aromatic heterocycles. The first kappa shape index (κ1) is 43.0. The van der Waals surface area contributed by atoms with Gasteiger partial charge in [0, 0.05) is 6.54 Å². The van der Waals surface area contributed by atoms with E-state index in [4.69, 9.17) is 42.6 Å². The van der Waals surface area contributed by atoms with E-state index < -0.39 is 11.7 Å². The first-order chi connectivity index (χ1) is 22.9. The fourth-order valence-corrected chi connectivity index (χ4v) is 4.22. The summed E-state index contributed by atoms with van der Waals surface area (Å²) in [6.07, 6.45) is 10.1. The average molecular weight is 672 g/mol. The lowest BCUT2D eigenvalue weighted by molar-refractivity contribution is -0.0211. The average Bonchev–Trinajstić information content (AvgIpc) is 3.04. The number of benzene rings is 1. The van der Waals surface area contributed by atoms with Gasteiger partial charge in [0.2, 0.25) is 0 Å². The van der Waals surface area contributed by atoms with Crippen LogP contribution in [0.1, 0.15) is 78.2 Å². The third-order valence-electron chi connectivity index (χ3n) is 6.64. The molecule has 1 aromatic carbocycles. The van der Waals surface area contributed by atoms with Crippen LogP contribution in [0.2, 0.25) is 0 Å². The van der Waals surface area contributed by atoms with Gasteiger partial charge in [0.25, 0.3) is 0 Å². The van der Waals surface area contributed by atoms with Crippen LogP contribution in [0.5, 0.6) is 5.75 Å². The number of carbonyl (C=O) groups excluding carboxylic acids is 1. The summed E-state index contributed by atoms with van der Waals surface area (Å²) in [6.45, 7) is 15.5. The minimum Gasteiger partial charge on any atom is -0.491 e. The number of amides is 1. The van der Waals surface area contributed by atoms with Crippen LogP contribution in [0.15, 0.2) is 24.3 Å². The molecule has 1 aromatic rings. The summed E-state index contributed by atoms with van der Waals surface area (Å²) < 4.78 is 49.3. The predicted octanol–water partition coefficient (Wildman–Crippen LogP) is 6.00. The zero-order valence-corrected chi connectivity index (χ0v) is 29.9. The van der Waals surface area contributed by atoms with Gasteiger partial charge in [-0.2, -0.15) is 0 Å². The lowest BCUT2D eigenvalue weighted by Gasteiger charge is -2.19. The maximum Gasteiger partial charge on any atom is 0.407 e.